The summed E-state index contributed by atoms with van der Waals surface area (Å²) in [7, 11) is 0. The first-order chi connectivity index (χ1) is 8.76. The molecule has 2 rings (SSSR count). The van der Waals surface area contributed by atoms with Gasteiger partial charge in [-0.3, -0.25) is 0 Å². The van der Waals surface area contributed by atoms with Gasteiger partial charge in [-0.05, 0) is 59.1 Å². The number of carbonyl (C=O) groups is 1. The van der Waals surface area contributed by atoms with Crippen LogP contribution in [0.1, 0.15) is 57.3 Å². The molecule has 3 heteroatoms. The van der Waals surface area contributed by atoms with Gasteiger partial charge in [-0.25, -0.2) is 4.79 Å². The van der Waals surface area contributed by atoms with Crippen molar-refractivity contribution in [1.29, 1.82) is 0 Å². The standard InChI is InChI=1S/C16H23NO2/c1-15(2)10-7-11-16(3,4)17(15)13-9-6-5-8-12(13)14(18)19/h5-6,8-9H,7,10-11H2,1-4H3,(H,18,19). The van der Waals surface area contributed by atoms with Gasteiger partial charge in [0, 0.05) is 11.1 Å². The van der Waals surface area contributed by atoms with Crippen LogP contribution in [0.4, 0.5) is 5.69 Å². The molecule has 1 aliphatic heterocycles. The Bertz CT molecular complexity index is 475. The van der Waals surface area contributed by atoms with E-state index < -0.39 is 5.97 Å². The van der Waals surface area contributed by atoms with Crippen LogP contribution < -0.4 is 4.90 Å². The maximum absolute atomic E-state index is 11.5. The molecule has 0 saturated carbocycles. The molecule has 1 N–H and O–H groups in total. The van der Waals surface area contributed by atoms with Crippen LogP contribution in [0.5, 0.6) is 0 Å². The van der Waals surface area contributed by atoms with E-state index in [1.54, 1.807) is 12.1 Å². The summed E-state index contributed by atoms with van der Waals surface area (Å²) in [5, 5.41) is 9.41. The van der Waals surface area contributed by atoms with Crippen LogP contribution in [0.3, 0.4) is 0 Å². The van der Waals surface area contributed by atoms with Crippen LogP contribution in [0.25, 0.3) is 0 Å². The molecule has 104 valence electrons. The van der Waals surface area contributed by atoms with E-state index in [2.05, 4.69) is 32.6 Å². The summed E-state index contributed by atoms with van der Waals surface area (Å²) in [6.07, 6.45) is 3.36. The third-order valence-electron chi connectivity index (χ3n) is 4.16. The van der Waals surface area contributed by atoms with E-state index in [1.165, 1.54) is 6.42 Å². The molecule has 1 fully saturated rings. The maximum Gasteiger partial charge on any atom is 0.337 e. The summed E-state index contributed by atoms with van der Waals surface area (Å²) >= 11 is 0. The normalized spacial score (nSPS) is 21.2. The van der Waals surface area contributed by atoms with E-state index >= 15 is 0 Å². The fraction of sp³-hybridized carbons (Fsp3) is 0.562. The summed E-state index contributed by atoms with van der Waals surface area (Å²) in [4.78, 5) is 13.8. The average molecular weight is 261 g/mol. The van der Waals surface area contributed by atoms with Crippen molar-refractivity contribution in [3.63, 3.8) is 0 Å². The van der Waals surface area contributed by atoms with Crippen molar-refractivity contribution in [2.24, 2.45) is 0 Å². The van der Waals surface area contributed by atoms with Gasteiger partial charge >= 0.3 is 5.97 Å². The zero-order valence-electron chi connectivity index (χ0n) is 12.2. The first-order valence-corrected chi connectivity index (χ1v) is 6.88. The Morgan fingerprint density at radius 3 is 2.16 bits per heavy atom. The van der Waals surface area contributed by atoms with Crippen molar-refractivity contribution in [2.75, 3.05) is 4.90 Å². The summed E-state index contributed by atoms with van der Waals surface area (Å²) in [6.45, 7) is 8.80. The molecule has 0 radical (unpaired) electrons. The third-order valence-corrected chi connectivity index (χ3v) is 4.16. The number of carboxylic acid groups (broad SMARTS) is 1. The van der Waals surface area contributed by atoms with Crippen molar-refractivity contribution in [3.8, 4) is 0 Å². The van der Waals surface area contributed by atoms with Gasteiger partial charge in [0.1, 0.15) is 0 Å². The third kappa shape index (κ3) is 2.46. The SMILES string of the molecule is CC1(C)CCCC(C)(C)N1c1ccccc1C(=O)O. The molecule has 1 aromatic carbocycles. The number of piperidine rings is 1. The average Bonchev–Trinajstić information content (AvgIpc) is 2.26. The smallest absolute Gasteiger partial charge is 0.337 e. The van der Waals surface area contributed by atoms with E-state index in [0.717, 1.165) is 18.5 Å². The molecule has 1 aromatic rings. The van der Waals surface area contributed by atoms with Crippen LogP contribution in [-0.2, 0) is 0 Å². The molecule has 1 saturated heterocycles. The minimum Gasteiger partial charge on any atom is -0.478 e. The minimum absolute atomic E-state index is 0.0205. The lowest BCUT2D eigenvalue weighted by molar-refractivity contribution is 0.0696. The van der Waals surface area contributed by atoms with Crippen LogP contribution in [-0.4, -0.2) is 22.2 Å². The van der Waals surface area contributed by atoms with Crippen molar-refractivity contribution < 1.29 is 9.90 Å². The number of aromatic carboxylic acids is 1. The summed E-state index contributed by atoms with van der Waals surface area (Å²) in [5.74, 6) is -0.854. The van der Waals surface area contributed by atoms with E-state index in [9.17, 15) is 9.90 Å². The number of nitrogens with zero attached hydrogens (tertiary/aromatic N) is 1. The predicted molar refractivity (Wildman–Crippen MR) is 77.9 cm³/mol. The Morgan fingerprint density at radius 2 is 1.63 bits per heavy atom. The molecule has 0 aromatic heterocycles. The van der Waals surface area contributed by atoms with Crippen molar-refractivity contribution >= 4 is 11.7 Å². The molecule has 0 bridgehead atoms. The number of rotatable bonds is 2. The Hall–Kier alpha value is -1.51. The molecule has 1 heterocycles. The lowest BCUT2D eigenvalue weighted by Gasteiger charge is -2.54. The highest BCUT2D eigenvalue weighted by atomic mass is 16.4. The molecule has 0 spiro atoms. The quantitative estimate of drug-likeness (QED) is 0.876. The zero-order chi connectivity index (χ0) is 14.3. The number of hydrogen-bond acceptors (Lipinski definition) is 2. The van der Waals surface area contributed by atoms with E-state index in [4.69, 9.17) is 0 Å². The molecule has 0 amide bonds. The van der Waals surface area contributed by atoms with E-state index in [-0.39, 0.29) is 11.1 Å². The lowest BCUT2D eigenvalue weighted by Crippen LogP contribution is -2.59. The minimum atomic E-state index is -0.854. The zero-order valence-corrected chi connectivity index (χ0v) is 12.2. The Kier molecular flexibility index (Phi) is 3.33. The molecule has 1 aliphatic rings. The highest BCUT2D eigenvalue weighted by Gasteiger charge is 2.42. The van der Waals surface area contributed by atoms with Crippen LogP contribution in [0.15, 0.2) is 24.3 Å². The Morgan fingerprint density at radius 1 is 1.11 bits per heavy atom. The summed E-state index contributed by atoms with van der Waals surface area (Å²) in [5.41, 5.74) is 1.19. The van der Waals surface area contributed by atoms with Gasteiger partial charge in [0.15, 0.2) is 0 Å². The number of carboxylic acids is 1. The molecule has 0 aliphatic carbocycles. The number of para-hydroxylation sites is 1. The van der Waals surface area contributed by atoms with E-state index in [0.29, 0.717) is 5.56 Å². The van der Waals surface area contributed by atoms with Gasteiger partial charge < -0.3 is 10.0 Å². The highest BCUT2D eigenvalue weighted by Crippen LogP contribution is 2.42. The molecule has 0 unspecified atom stereocenters. The fourth-order valence-electron chi connectivity index (χ4n) is 3.50. The van der Waals surface area contributed by atoms with Crippen molar-refractivity contribution in [3.05, 3.63) is 29.8 Å². The number of anilines is 1. The second kappa shape index (κ2) is 4.55. The molecule has 0 atom stereocenters. The maximum atomic E-state index is 11.5. The van der Waals surface area contributed by atoms with Gasteiger partial charge in [0.2, 0.25) is 0 Å². The topological polar surface area (TPSA) is 40.5 Å². The molecular formula is C16H23NO2. The lowest BCUT2D eigenvalue weighted by atomic mass is 9.79. The summed E-state index contributed by atoms with van der Waals surface area (Å²) in [6, 6.07) is 7.33. The van der Waals surface area contributed by atoms with Gasteiger partial charge in [-0.1, -0.05) is 12.1 Å². The second-order valence-electron chi connectivity index (χ2n) is 6.64. The predicted octanol–water partition coefficient (Wildman–Crippen LogP) is 3.93. The van der Waals surface area contributed by atoms with E-state index in [1.807, 2.05) is 12.1 Å². The Balaban J connectivity index is 2.57. The van der Waals surface area contributed by atoms with Gasteiger partial charge in [0.05, 0.1) is 11.3 Å². The Labute approximate surface area is 115 Å². The van der Waals surface area contributed by atoms with Gasteiger partial charge in [0.25, 0.3) is 0 Å². The first-order valence-electron chi connectivity index (χ1n) is 6.88. The highest BCUT2D eigenvalue weighted by molar-refractivity contribution is 5.94. The largest absolute Gasteiger partial charge is 0.478 e. The van der Waals surface area contributed by atoms with Crippen LogP contribution >= 0.6 is 0 Å². The van der Waals surface area contributed by atoms with Gasteiger partial charge in [-0.15, -0.1) is 0 Å². The number of benzene rings is 1. The van der Waals surface area contributed by atoms with Crippen molar-refractivity contribution in [2.45, 2.75) is 58.0 Å². The van der Waals surface area contributed by atoms with Gasteiger partial charge in [-0.2, -0.15) is 0 Å². The second-order valence-corrected chi connectivity index (χ2v) is 6.64. The summed E-state index contributed by atoms with van der Waals surface area (Å²) < 4.78 is 0. The van der Waals surface area contributed by atoms with Crippen molar-refractivity contribution in [1.82, 2.24) is 0 Å². The van der Waals surface area contributed by atoms with Crippen LogP contribution in [0.2, 0.25) is 0 Å². The number of hydrogen-bond donors (Lipinski definition) is 1. The first kappa shape index (κ1) is 13.9. The molecule has 3 nitrogen and oxygen atoms in total. The fourth-order valence-corrected chi connectivity index (χ4v) is 3.50. The van der Waals surface area contributed by atoms with Crippen LogP contribution in [0, 0.1) is 0 Å². The molecule has 19 heavy (non-hydrogen) atoms. The monoisotopic (exact) mass is 261 g/mol. The molecular weight excluding hydrogens is 238 g/mol.